The lowest BCUT2D eigenvalue weighted by Gasteiger charge is -2.41. The fraction of sp³-hybridized carbons (Fsp3) is 0.917. The summed E-state index contributed by atoms with van der Waals surface area (Å²) in [5.41, 5.74) is 5.08. The van der Waals surface area contributed by atoms with Gasteiger partial charge in [0.1, 0.15) is 0 Å². The van der Waals surface area contributed by atoms with Crippen molar-refractivity contribution in [2.24, 2.45) is 11.7 Å². The Morgan fingerprint density at radius 2 is 2.10 bits per heavy atom. The maximum absolute atomic E-state index is 12.0. The molecule has 0 aromatic heterocycles. The molecular formula is C12H25N3O4S. The second-order valence-corrected chi connectivity index (χ2v) is 7.08. The zero-order valence-corrected chi connectivity index (χ0v) is 13.1. The maximum atomic E-state index is 12.0. The molecule has 118 valence electrons. The fourth-order valence-electron chi connectivity index (χ4n) is 2.55. The molecule has 0 aromatic rings. The average Bonchev–Trinajstić information content (AvgIpc) is 2.30. The third-order valence-electron chi connectivity index (χ3n) is 3.72. The van der Waals surface area contributed by atoms with Crippen molar-refractivity contribution in [3.8, 4) is 0 Å². The molecule has 1 rings (SSSR count). The lowest BCUT2D eigenvalue weighted by Crippen LogP contribution is -2.61. The maximum Gasteiger partial charge on any atom is 0.422 e. The van der Waals surface area contributed by atoms with E-state index in [1.54, 1.807) is 13.8 Å². The molecule has 0 aromatic carbocycles. The van der Waals surface area contributed by atoms with Crippen molar-refractivity contribution < 1.29 is 17.9 Å². The summed E-state index contributed by atoms with van der Waals surface area (Å²) in [6.07, 6.45) is 2.19. The number of carbonyl (C=O) groups excluding carboxylic acids is 1. The molecule has 1 saturated carbocycles. The van der Waals surface area contributed by atoms with E-state index in [0.717, 1.165) is 19.3 Å². The van der Waals surface area contributed by atoms with Crippen molar-refractivity contribution in [1.82, 2.24) is 9.44 Å². The van der Waals surface area contributed by atoms with Crippen molar-refractivity contribution in [3.05, 3.63) is 0 Å². The highest BCUT2D eigenvalue weighted by molar-refractivity contribution is 7.88. The summed E-state index contributed by atoms with van der Waals surface area (Å²) in [6, 6.07) is 0. The third-order valence-corrected chi connectivity index (χ3v) is 4.83. The number of nitrogens with one attached hydrogen (secondary N) is 2. The van der Waals surface area contributed by atoms with Gasteiger partial charge in [0, 0.05) is 12.1 Å². The largest absolute Gasteiger partial charge is 0.446 e. The predicted octanol–water partition coefficient (Wildman–Crippen LogP) is 0.863. The molecule has 0 heterocycles. The average molecular weight is 307 g/mol. The minimum absolute atomic E-state index is 0.124. The van der Waals surface area contributed by atoms with E-state index in [0.29, 0.717) is 6.42 Å². The fourth-order valence-corrected chi connectivity index (χ4v) is 3.79. The summed E-state index contributed by atoms with van der Waals surface area (Å²) in [6.45, 7) is 5.46. The van der Waals surface area contributed by atoms with Crippen LogP contribution in [0.3, 0.4) is 0 Å². The Kier molecular flexibility index (Phi) is 5.79. The van der Waals surface area contributed by atoms with Crippen molar-refractivity contribution in [2.45, 2.75) is 58.1 Å². The Labute approximate surface area is 120 Å². The smallest absolute Gasteiger partial charge is 0.422 e. The van der Waals surface area contributed by atoms with E-state index in [2.05, 4.69) is 4.72 Å². The molecule has 4 N–H and O–H groups in total. The van der Waals surface area contributed by atoms with E-state index < -0.39 is 21.8 Å². The van der Waals surface area contributed by atoms with Crippen LogP contribution in [0, 0.1) is 5.92 Å². The lowest BCUT2D eigenvalue weighted by atomic mass is 9.74. The van der Waals surface area contributed by atoms with E-state index in [1.807, 2.05) is 11.6 Å². The van der Waals surface area contributed by atoms with Gasteiger partial charge in [0.25, 0.3) is 0 Å². The molecule has 0 radical (unpaired) electrons. The summed E-state index contributed by atoms with van der Waals surface area (Å²) < 4.78 is 33.2. The van der Waals surface area contributed by atoms with Gasteiger partial charge >= 0.3 is 16.3 Å². The number of hydrogen-bond acceptors (Lipinski definition) is 5. The highest BCUT2D eigenvalue weighted by atomic mass is 32.2. The number of amides is 1. The Morgan fingerprint density at radius 3 is 2.60 bits per heavy atom. The molecule has 0 spiro atoms. The van der Waals surface area contributed by atoms with Crippen molar-refractivity contribution >= 4 is 16.3 Å². The van der Waals surface area contributed by atoms with Gasteiger partial charge in [0.05, 0.1) is 6.10 Å². The quantitative estimate of drug-likeness (QED) is 0.698. The van der Waals surface area contributed by atoms with Gasteiger partial charge in [0.2, 0.25) is 0 Å². The number of rotatable bonds is 5. The first-order valence-corrected chi connectivity index (χ1v) is 8.41. The first-order valence-electron chi connectivity index (χ1n) is 6.93. The summed E-state index contributed by atoms with van der Waals surface area (Å²) in [5, 5.41) is 0. The minimum Gasteiger partial charge on any atom is -0.446 e. The molecule has 1 fully saturated rings. The van der Waals surface area contributed by atoms with Crippen LogP contribution < -0.4 is 15.2 Å². The van der Waals surface area contributed by atoms with Gasteiger partial charge < -0.3 is 10.5 Å². The summed E-state index contributed by atoms with van der Waals surface area (Å²) in [4.78, 5) is 11.4. The minimum atomic E-state index is -3.98. The van der Waals surface area contributed by atoms with Gasteiger partial charge in [-0.2, -0.15) is 13.1 Å². The molecule has 2 atom stereocenters. The molecule has 20 heavy (non-hydrogen) atoms. The van der Waals surface area contributed by atoms with E-state index >= 15 is 0 Å². The van der Waals surface area contributed by atoms with E-state index in [9.17, 15) is 13.2 Å². The van der Waals surface area contributed by atoms with Crippen LogP contribution in [-0.2, 0) is 14.9 Å². The third kappa shape index (κ3) is 4.60. The van der Waals surface area contributed by atoms with Gasteiger partial charge in [-0.1, -0.05) is 19.8 Å². The van der Waals surface area contributed by atoms with Crippen LogP contribution in [0.4, 0.5) is 4.79 Å². The van der Waals surface area contributed by atoms with Gasteiger partial charge in [-0.3, -0.25) is 0 Å². The highest BCUT2D eigenvalue weighted by Gasteiger charge is 2.40. The zero-order chi connectivity index (χ0) is 15.4. The van der Waals surface area contributed by atoms with Crippen LogP contribution in [0.15, 0.2) is 0 Å². The van der Waals surface area contributed by atoms with Gasteiger partial charge in [-0.15, -0.1) is 0 Å². The highest BCUT2D eigenvalue weighted by Crippen LogP contribution is 2.33. The summed E-state index contributed by atoms with van der Waals surface area (Å²) >= 11 is 0. The lowest BCUT2D eigenvalue weighted by molar-refractivity contribution is 0.121. The first-order chi connectivity index (χ1) is 9.21. The zero-order valence-electron chi connectivity index (χ0n) is 12.3. The van der Waals surface area contributed by atoms with E-state index in [4.69, 9.17) is 10.5 Å². The van der Waals surface area contributed by atoms with Crippen molar-refractivity contribution in [3.63, 3.8) is 0 Å². The standard InChI is InChI=1S/C12H25N3O4S/c1-9(2)19-11(16)14-20(17,18)15-12(8-13)7-5-4-6-10(12)3/h9-10,15H,4-8,13H2,1-3H3,(H,14,16). The second-order valence-electron chi connectivity index (χ2n) is 5.67. The van der Waals surface area contributed by atoms with Crippen LogP contribution in [0.2, 0.25) is 0 Å². The molecular weight excluding hydrogens is 282 g/mol. The van der Waals surface area contributed by atoms with Crippen LogP contribution in [-0.4, -0.2) is 32.7 Å². The number of ether oxygens (including phenoxy) is 1. The Morgan fingerprint density at radius 1 is 1.45 bits per heavy atom. The SMILES string of the molecule is CC(C)OC(=O)NS(=O)(=O)NC1(CN)CCCCC1C. The predicted molar refractivity (Wildman–Crippen MR) is 76.2 cm³/mol. The number of nitrogens with two attached hydrogens (primary N) is 1. The topological polar surface area (TPSA) is 111 Å². The Hall–Kier alpha value is -0.860. The summed E-state index contributed by atoms with van der Waals surface area (Å²) in [5.74, 6) is 0.124. The molecule has 1 amide bonds. The molecule has 8 heteroatoms. The molecule has 0 aliphatic heterocycles. The monoisotopic (exact) mass is 307 g/mol. The van der Waals surface area contributed by atoms with E-state index in [-0.39, 0.29) is 18.6 Å². The van der Waals surface area contributed by atoms with Crippen LogP contribution in [0.1, 0.15) is 46.5 Å². The molecule has 0 saturated heterocycles. The van der Waals surface area contributed by atoms with Gasteiger partial charge in [-0.25, -0.2) is 9.52 Å². The molecule has 1 aliphatic carbocycles. The van der Waals surface area contributed by atoms with Crippen molar-refractivity contribution in [1.29, 1.82) is 0 Å². The number of hydrogen-bond donors (Lipinski definition) is 3. The van der Waals surface area contributed by atoms with Crippen LogP contribution in [0.5, 0.6) is 0 Å². The van der Waals surface area contributed by atoms with Gasteiger partial charge in [-0.05, 0) is 32.6 Å². The Balaban J connectivity index is 2.75. The van der Waals surface area contributed by atoms with Crippen LogP contribution >= 0.6 is 0 Å². The Bertz CT molecular complexity index is 438. The first kappa shape index (κ1) is 17.2. The molecule has 7 nitrogen and oxygen atoms in total. The number of carbonyl (C=O) groups is 1. The second kappa shape index (κ2) is 6.73. The van der Waals surface area contributed by atoms with E-state index in [1.165, 1.54) is 0 Å². The van der Waals surface area contributed by atoms with Crippen molar-refractivity contribution in [2.75, 3.05) is 6.54 Å². The van der Waals surface area contributed by atoms with Crippen LogP contribution in [0.25, 0.3) is 0 Å². The van der Waals surface area contributed by atoms with Gasteiger partial charge in [0.15, 0.2) is 0 Å². The molecule has 0 bridgehead atoms. The molecule has 2 unspecified atom stereocenters. The summed E-state index contributed by atoms with van der Waals surface area (Å²) in [7, 11) is -3.98. The normalized spacial score (nSPS) is 27.4. The molecule has 1 aliphatic rings.